The van der Waals surface area contributed by atoms with Crippen molar-refractivity contribution < 1.29 is 9.90 Å². The summed E-state index contributed by atoms with van der Waals surface area (Å²) in [4.78, 5) is 10.6. The molecule has 90 valence electrons. The highest BCUT2D eigenvalue weighted by Crippen LogP contribution is 2.54. The van der Waals surface area contributed by atoms with Gasteiger partial charge in [-0.2, -0.15) is 0 Å². The molecule has 0 aliphatic heterocycles. The lowest BCUT2D eigenvalue weighted by Gasteiger charge is -2.43. The number of allylic oxidation sites excluding steroid dienone is 2. The Labute approximate surface area is 97.7 Å². The zero-order valence-electron chi connectivity index (χ0n) is 10.3. The summed E-state index contributed by atoms with van der Waals surface area (Å²) in [5.74, 6) is 0.739. The molecule has 0 aromatic carbocycles. The number of aliphatic hydroxyl groups is 1. The predicted molar refractivity (Wildman–Crippen MR) is 64.0 cm³/mol. The third-order valence-corrected chi connectivity index (χ3v) is 4.71. The van der Waals surface area contributed by atoms with Crippen LogP contribution >= 0.6 is 0 Å². The molecule has 0 bridgehead atoms. The summed E-state index contributed by atoms with van der Waals surface area (Å²) in [5, 5.41) is 10.1. The Hall–Kier alpha value is -0.630. The summed E-state index contributed by atoms with van der Waals surface area (Å²) in [6.07, 6.45) is 8.00. The minimum Gasteiger partial charge on any atom is -0.393 e. The van der Waals surface area contributed by atoms with Crippen LogP contribution in [0.3, 0.4) is 0 Å². The maximum atomic E-state index is 10.6. The summed E-state index contributed by atoms with van der Waals surface area (Å²) in [7, 11) is 0. The maximum absolute atomic E-state index is 10.6. The second-order valence-corrected chi connectivity index (χ2v) is 5.68. The Morgan fingerprint density at radius 1 is 1.69 bits per heavy atom. The number of aliphatic hydroxyl groups excluding tert-OH is 1. The first kappa shape index (κ1) is 11.8. The molecule has 2 rings (SSSR count). The van der Waals surface area contributed by atoms with Gasteiger partial charge in [0.1, 0.15) is 6.29 Å². The molecule has 2 heteroatoms. The summed E-state index contributed by atoms with van der Waals surface area (Å²) < 4.78 is 0. The van der Waals surface area contributed by atoms with E-state index in [-0.39, 0.29) is 11.5 Å². The fraction of sp³-hybridized carbons (Fsp3) is 0.786. The van der Waals surface area contributed by atoms with Gasteiger partial charge in [-0.25, -0.2) is 0 Å². The summed E-state index contributed by atoms with van der Waals surface area (Å²) in [6.45, 7) is 4.41. The first-order chi connectivity index (χ1) is 7.59. The molecule has 0 spiro atoms. The number of rotatable bonds is 3. The van der Waals surface area contributed by atoms with Crippen LogP contribution in [0.25, 0.3) is 0 Å². The largest absolute Gasteiger partial charge is 0.393 e. The Bertz CT molecular complexity index is 308. The minimum atomic E-state index is -0.143. The van der Waals surface area contributed by atoms with Crippen molar-refractivity contribution >= 4 is 6.29 Å². The molecule has 0 radical (unpaired) electrons. The maximum Gasteiger partial charge on any atom is 0.120 e. The van der Waals surface area contributed by atoms with Gasteiger partial charge < -0.3 is 9.90 Å². The minimum absolute atomic E-state index is 0.143. The van der Waals surface area contributed by atoms with Crippen molar-refractivity contribution in [3.05, 3.63) is 11.6 Å². The molecule has 0 aromatic rings. The van der Waals surface area contributed by atoms with E-state index < -0.39 is 0 Å². The smallest absolute Gasteiger partial charge is 0.120 e. The second kappa shape index (κ2) is 4.33. The number of carbonyl (C=O) groups is 1. The molecule has 1 saturated carbocycles. The number of hydrogen-bond donors (Lipinski definition) is 1. The van der Waals surface area contributed by atoms with Crippen LogP contribution < -0.4 is 0 Å². The molecule has 4 atom stereocenters. The Balaban J connectivity index is 2.19. The van der Waals surface area contributed by atoms with Crippen LogP contribution in [-0.2, 0) is 4.79 Å². The van der Waals surface area contributed by atoms with E-state index in [4.69, 9.17) is 0 Å². The van der Waals surface area contributed by atoms with Crippen molar-refractivity contribution in [2.24, 2.45) is 17.3 Å². The molecule has 0 saturated heterocycles. The lowest BCUT2D eigenvalue weighted by molar-refractivity contribution is -0.108. The van der Waals surface area contributed by atoms with Gasteiger partial charge in [0.05, 0.1) is 6.10 Å². The van der Waals surface area contributed by atoms with E-state index in [9.17, 15) is 9.90 Å². The van der Waals surface area contributed by atoms with E-state index in [1.807, 2.05) is 0 Å². The topological polar surface area (TPSA) is 37.3 Å². The molecule has 4 unspecified atom stereocenters. The number of carbonyl (C=O) groups excluding carboxylic acids is 1. The first-order valence-corrected chi connectivity index (χ1v) is 6.42. The summed E-state index contributed by atoms with van der Waals surface area (Å²) >= 11 is 0. The lowest BCUT2D eigenvalue weighted by atomic mass is 9.63. The molecule has 2 aliphatic carbocycles. The number of hydrogen-bond acceptors (Lipinski definition) is 2. The first-order valence-electron chi connectivity index (χ1n) is 6.42. The Kier molecular flexibility index (Phi) is 3.20. The van der Waals surface area contributed by atoms with Gasteiger partial charge in [-0.1, -0.05) is 25.5 Å². The van der Waals surface area contributed by atoms with Gasteiger partial charge in [-0.3, -0.25) is 0 Å². The van der Waals surface area contributed by atoms with Crippen LogP contribution in [-0.4, -0.2) is 17.5 Å². The quantitative estimate of drug-likeness (QED) is 0.589. The Morgan fingerprint density at radius 2 is 2.44 bits per heavy atom. The molecule has 0 aromatic heterocycles. The molecule has 2 aliphatic rings. The third kappa shape index (κ3) is 1.73. The van der Waals surface area contributed by atoms with Crippen LogP contribution in [0.5, 0.6) is 0 Å². The third-order valence-electron chi connectivity index (χ3n) is 4.71. The number of aldehydes is 1. The Morgan fingerprint density at radius 3 is 3.12 bits per heavy atom. The SMILES string of the molecule is CC(CC=O)C1=CCC2C(O)CCCC12C. The molecule has 1 N–H and O–H groups in total. The predicted octanol–water partition coefficient (Wildman–Crippen LogP) is 2.71. The molecule has 1 fully saturated rings. The zero-order valence-corrected chi connectivity index (χ0v) is 10.3. The molecular formula is C14H22O2. The monoisotopic (exact) mass is 222 g/mol. The van der Waals surface area contributed by atoms with E-state index in [2.05, 4.69) is 19.9 Å². The molecule has 16 heavy (non-hydrogen) atoms. The van der Waals surface area contributed by atoms with Crippen LogP contribution in [0.15, 0.2) is 11.6 Å². The number of fused-ring (bicyclic) bond motifs is 1. The van der Waals surface area contributed by atoms with Crippen LogP contribution in [0.2, 0.25) is 0 Å². The van der Waals surface area contributed by atoms with Gasteiger partial charge >= 0.3 is 0 Å². The van der Waals surface area contributed by atoms with E-state index in [0.29, 0.717) is 18.3 Å². The van der Waals surface area contributed by atoms with Gasteiger partial charge in [0, 0.05) is 6.42 Å². The zero-order chi connectivity index (χ0) is 11.8. The lowest BCUT2D eigenvalue weighted by Crippen LogP contribution is -2.39. The summed E-state index contributed by atoms with van der Waals surface area (Å²) in [6, 6.07) is 0. The van der Waals surface area contributed by atoms with Gasteiger partial charge in [0.25, 0.3) is 0 Å². The molecule has 0 heterocycles. The van der Waals surface area contributed by atoms with Crippen molar-refractivity contribution in [1.29, 1.82) is 0 Å². The van der Waals surface area contributed by atoms with E-state index in [1.165, 1.54) is 12.0 Å². The normalized spacial score (nSPS) is 40.1. The fourth-order valence-electron chi connectivity index (χ4n) is 3.79. The molecular weight excluding hydrogens is 200 g/mol. The highest BCUT2D eigenvalue weighted by molar-refractivity contribution is 5.51. The van der Waals surface area contributed by atoms with Gasteiger partial charge in [-0.15, -0.1) is 0 Å². The average molecular weight is 222 g/mol. The van der Waals surface area contributed by atoms with E-state index in [0.717, 1.165) is 25.5 Å². The van der Waals surface area contributed by atoms with Crippen molar-refractivity contribution in [2.45, 2.75) is 52.1 Å². The molecule has 0 amide bonds. The van der Waals surface area contributed by atoms with Gasteiger partial charge in [-0.05, 0) is 42.9 Å². The second-order valence-electron chi connectivity index (χ2n) is 5.68. The molecule has 2 nitrogen and oxygen atoms in total. The summed E-state index contributed by atoms with van der Waals surface area (Å²) in [5.41, 5.74) is 1.57. The highest BCUT2D eigenvalue weighted by atomic mass is 16.3. The van der Waals surface area contributed by atoms with Crippen molar-refractivity contribution in [3.8, 4) is 0 Å². The van der Waals surface area contributed by atoms with Crippen molar-refractivity contribution in [3.63, 3.8) is 0 Å². The van der Waals surface area contributed by atoms with Crippen LogP contribution in [0, 0.1) is 17.3 Å². The standard InChI is InChI=1S/C14H22O2/c1-10(7-9-15)11-5-6-12-13(16)4-3-8-14(11,12)2/h5,9-10,12-13,16H,3-4,6-8H2,1-2H3. The van der Waals surface area contributed by atoms with Crippen molar-refractivity contribution in [1.82, 2.24) is 0 Å². The van der Waals surface area contributed by atoms with Gasteiger partial charge in [0.2, 0.25) is 0 Å². The van der Waals surface area contributed by atoms with Crippen molar-refractivity contribution in [2.75, 3.05) is 0 Å². The van der Waals surface area contributed by atoms with E-state index in [1.54, 1.807) is 0 Å². The van der Waals surface area contributed by atoms with Crippen LogP contribution in [0.1, 0.15) is 46.0 Å². The van der Waals surface area contributed by atoms with Gasteiger partial charge in [0.15, 0.2) is 0 Å². The highest BCUT2D eigenvalue weighted by Gasteiger charge is 2.47. The van der Waals surface area contributed by atoms with Crippen LogP contribution in [0.4, 0.5) is 0 Å². The van der Waals surface area contributed by atoms with E-state index >= 15 is 0 Å². The average Bonchev–Trinajstić information content (AvgIpc) is 2.57. The fourth-order valence-corrected chi connectivity index (χ4v) is 3.79.